The molecule has 0 bridgehead atoms. The number of hydrogen-bond donors (Lipinski definition) is 2. The van der Waals surface area contributed by atoms with Crippen molar-refractivity contribution >= 4 is 11.9 Å². The standard InChI is InChI=1S/C15H11F2NO3/c16-12-5-11(6-13(17)7-12)14(19)18-8-9-2-1-3-10(4-9)15(20)21/h1-7H,8H2,(H,18,19)(H,20,21). The molecule has 0 saturated heterocycles. The quantitative estimate of drug-likeness (QED) is 0.910. The van der Waals surface area contributed by atoms with Crippen molar-refractivity contribution in [1.29, 1.82) is 0 Å². The van der Waals surface area contributed by atoms with Gasteiger partial charge in [0.15, 0.2) is 0 Å². The number of halogens is 2. The zero-order chi connectivity index (χ0) is 15.4. The van der Waals surface area contributed by atoms with Gasteiger partial charge in [0.25, 0.3) is 5.91 Å². The fourth-order valence-corrected chi connectivity index (χ4v) is 1.78. The predicted molar refractivity (Wildman–Crippen MR) is 70.9 cm³/mol. The highest BCUT2D eigenvalue weighted by Crippen LogP contribution is 2.09. The molecule has 2 N–H and O–H groups in total. The molecular formula is C15H11F2NO3. The first-order valence-corrected chi connectivity index (χ1v) is 6.02. The van der Waals surface area contributed by atoms with E-state index in [1.54, 1.807) is 12.1 Å². The van der Waals surface area contributed by atoms with Crippen LogP contribution in [0, 0.1) is 11.6 Å². The Morgan fingerprint density at radius 3 is 2.29 bits per heavy atom. The summed E-state index contributed by atoms with van der Waals surface area (Å²) in [7, 11) is 0. The van der Waals surface area contributed by atoms with Gasteiger partial charge >= 0.3 is 5.97 Å². The number of rotatable bonds is 4. The van der Waals surface area contributed by atoms with Crippen LogP contribution < -0.4 is 5.32 Å². The van der Waals surface area contributed by atoms with E-state index in [9.17, 15) is 18.4 Å². The SMILES string of the molecule is O=C(O)c1cccc(CNC(=O)c2cc(F)cc(F)c2)c1. The number of carboxylic acid groups (broad SMARTS) is 1. The number of amides is 1. The minimum absolute atomic E-state index is 0.0537. The van der Waals surface area contributed by atoms with Gasteiger partial charge in [-0.05, 0) is 29.8 Å². The number of benzene rings is 2. The summed E-state index contributed by atoms with van der Waals surface area (Å²) in [4.78, 5) is 22.6. The van der Waals surface area contributed by atoms with Crippen LogP contribution in [0.25, 0.3) is 0 Å². The molecule has 0 aliphatic heterocycles. The Hall–Kier alpha value is -2.76. The van der Waals surface area contributed by atoms with Gasteiger partial charge in [0.2, 0.25) is 0 Å². The third-order valence-electron chi connectivity index (χ3n) is 2.75. The molecule has 0 saturated carbocycles. The van der Waals surface area contributed by atoms with Crippen molar-refractivity contribution in [2.24, 2.45) is 0 Å². The van der Waals surface area contributed by atoms with Crippen LogP contribution in [0.4, 0.5) is 8.78 Å². The second kappa shape index (κ2) is 6.13. The summed E-state index contributed by atoms with van der Waals surface area (Å²) in [5.41, 5.74) is 0.528. The Labute approximate surface area is 119 Å². The molecule has 4 nitrogen and oxygen atoms in total. The third-order valence-corrected chi connectivity index (χ3v) is 2.75. The predicted octanol–water partition coefficient (Wildman–Crippen LogP) is 2.59. The molecule has 2 aromatic carbocycles. The molecule has 0 unspecified atom stereocenters. The maximum Gasteiger partial charge on any atom is 0.335 e. The van der Waals surface area contributed by atoms with Crippen molar-refractivity contribution in [1.82, 2.24) is 5.32 Å². The Morgan fingerprint density at radius 1 is 1.00 bits per heavy atom. The van der Waals surface area contributed by atoms with Gasteiger partial charge in [-0.15, -0.1) is 0 Å². The zero-order valence-corrected chi connectivity index (χ0v) is 10.8. The van der Waals surface area contributed by atoms with Gasteiger partial charge in [-0.25, -0.2) is 13.6 Å². The molecule has 0 radical (unpaired) electrons. The van der Waals surface area contributed by atoms with Crippen LogP contribution in [0.1, 0.15) is 26.3 Å². The highest BCUT2D eigenvalue weighted by atomic mass is 19.1. The molecule has 0 aliphatic carbocycles. The van der Waals surface area contributed by atoms with Crippen LogP contribution in [0.5, 0.6) is 0 Å². The van der Waals surface area contributed by atoms with E-state index < -0.39 is 23.5 Å². The molecule has 0 spiro atoms. The molecule has 0 atom stereocenters. The van der Waals surface area contributed by atoms with E-state index in [2.05, 4.69) is 5.32 Å². The van der Waals surface area contributed by atoms with Crippen molar-refractivity contribution < 1.29 is 23.5 Å². The number of carboxylic acids is 1. The van der Waals surface area contributed by atoms with Crippen LogP contribution >= 0.6 is 0 Å². The summed E-state index contributed by atoms with van der Waals surface area (Å²) in [5.74, 6) is -3.40. The summed E-state index contributed by atoms with van der Waals surface area (Å²) in [6, 6.07) is 8.54. The van der Waals surface area contributed by atoms with Gasteiger partial charge in [0.05, 0.1) is 5.56 Å². The lowest BCUT2D eigenvalue weighted by atomic mass is 10.1. The smallest absolute Gasteiger partial charge is 0.335 e. The van der Waals surface area contributed by atoms with Gasteiger partial charge in [0, 0.05) is 18.2 Å². The molecule has 1 amide bonds. The van der Waals surface area contributed by atoms with E-state index in [0.29, 0.717) is 11.6 Å². The van der Waals surface area contributed by atoms with E-state index in [0.717, 1.165) is 12.1 Å². The maximum absolute atomic E-state index is 13.0. The molecule has 108 valence electrons. The second-order valence-electron chi connectivity index (χ2n) is 4.35. The largest absolute Gasteiger partial charge is 0.478 e. The van der Waals surface area contributed by atoms with Gasteiger partial charge in [0.1, 0.15) is 11.6 Å². The summed E-state index contributed by atoms with van der Waals surface area (Å²) in [6.07, 6.45) is 0. The highest BCUT2D eigenvalue weighted by molar-refractivity contribution is 5.94. The van der Waals surface area contributed by atoms with Gasteiger partial charge < -0.3 is 10.4 Å². The average Bonchev–Trinajstić information content (AvgIpc) is 2.44. The van der Waals surface area contributed by atoms with Crippen LogP contribution in [0.3, 0.4) is 0 Å². The fraction of sp³-hybridized carbons (Fsp3) is 0.0667. The number of carbonyl (C=O) groups excluding carboxylic acids is 1. The molecule has 0 aliphatic rings. The number of carbonyl (C=O) groups is 2. The Morgan fingerprint density at radius 2 is 1.67 bits per heavy atom. The van der Waals surface area contributed by atoms with E-state index in [4.69, 9.17) is 5.11 Å². The summed E-state index contributed by atoms with van der Waals surface area (Å²) < 4.78 is 26.0. The molecule has 6 heteroatoms. The molecule has 0 aromatic heterocycles. The average molecular weight is 291 g/mol. The minimum atomic E-state index is -1.07. The first-order valence-electron chi connectivity index (χ1n) is 6.02. The first kappa shape index (κ1) is 14.6. The van der Waals surface area contributed by atoms with Crippen molar-refractivity contribution in [2.45, 2.75) is 6.54 Å². The third kappa shape index (κ3) is 3.85. The lowest BCUT2D eigenvalue weighted by Gasteiger charge is -2.06. The van der Waals surface area contributed by atoms with Crippen molar-refractivity contribution in [2.75, 3.05) is 0 Å². The van der Waals surface area contributed by atoms with Crippen LogP contribution in [-0.2, 0) is 6.54 Å². The lowest BCUT2D eigenvalue weighted by molar-refractivity contribution is 0.0696. The van der Waals surface area contributed by atoms with Crippen LogP contribution in [-0.4, -0.2) is 17.0 Å². The number of hydrogen-bond acceptors (Lipinski definition) is 2. The lowest BCUT2D eigenvalue weighted by Crippen LogP contribution is -2.23. The molecular weight excluding hydrogens is 280 g/mol. The van der Waals surface area contributed by atoms with Crippen molar-refractivity contribution in [3.63, 3.8) is 0 Å². The summed E-state index contributed by atoms with van der Waals surface area (Å²) in [6.45, 7) is 0.0537. The Bertz CT molecular complexity index is 681. The van der Waals surface area contributed by atoms with Gasteiger partial charge in [-0.3, -0.25) is 4.79 Å². The molecule has 0 heterocycles. The second-order valence-corrected chi connectivity index (χ2v) is 4.35. The van der Waals surface area contributed by atoms with Crippen molar-refractivity contribution in [3.05, 3.63) is 70.8 Å². The minimum Gasteiger partial charge on any atom is -0.478 e. The van der Waals surface area contributed by atoms with E-state index in [1.165, 1.54) is 12.1 Å². The van der Waals surface area contributed by atoms with Gasteiger partial charge in [-0.1, -0.05) is 12.1 Å². The van der Waals surface area contributed by atoms with Crippen LogP contribution in [0.15, 0.2) is 42.5 Å². The molecule has 2 rings (SSSR count). The number of nitrogens with one attached hydrogen (secondary N) is 1. The van der Waals surface area contributed by atoms with E-state index in [-0.39, 0.29) is 17.7 Å². The summed E-state index contributed by atoms with van der Waals surface area (Å²) >= 11 is 0. The molecule has 21 heavy (non-hydrogen) atoms. The molecule has 2 aromatic rings. The fourth-order valence-electron chi connectivity index (χ4n) is 1.78. The van der Waals surface area contributed by atoms with Crippen LogP contribution in [0.2, 0.25) is 0 Å². The summed E-state index contributed by atoms with van der Waals surface area (Å²) in [5, 5.41) is 11.3. The molecule has 0 fully saturated rings. The topological polar surface area (TPSA) is 66.4 Å². The first-order chi connectivity index (χ1) is 9.95. The highest BCUT2D eigenvalue weighted by Gasteiger charge is 2.09. The zero-order valence-electron chi connectivity index (χ0n) is 10.8. The van der Waals surface area contributed by atoms with Crippen molar-refractivity contribution in [3.8, 4) is 0 Å². The van der Waals surface area contributed by atoms with E-state index >= 15 is 0 Å². The monoisotopic (exact) mass is 291 g/mol. The normalized spacial score (nSPS) is 10.2. The maximum atomic E-state index is 13.0. The number of aromatic carboxylic acids is 1. The van der Waals surface area contributed by atoms with E-state index in [1.807, 2.05) is 0 Å². The Balaban J connectivity index is 2.07. The Kier molecular flexibility index (Phi) is 4.27. The van der Waals surface area contributed by atoms with Gasteiger partial charge in [-0.2, -0.15) is 0 Å².